The number of aromatic nitrogens is 2. The highest BCUT2D eigenvalue weighted by Gasteiger charge is 2.43. The summed E-state index contributed by atoms with van der Waals surface area (Å²) in [5.41, 5.74) is -0.431. The summed E-state index contributed by atoms with van der Waals surface area (Å²) in [5, 5.41) is 10.8. The first-order valence-corrected chi connectivity index (χ1v) is 8.79. The second kappa shape index (κ2) is 5.84. The zero-order valence-electron chi connectivity index (χ0n) is 12.8. The quantitative estimate of drug-likeness (QED) is 0.826. The molecule has 2 atom stereocenters. The third-order valence-corrected chi connectivity index (χ3v) is 5.37. The molecule has 3 rings (SSSR count). The summed E-state index contributed by atoms with van der Waals surface area (Å²) >= 11 is 3.50. The maximum Gasteiger partial charge on any atom is 0.134 e. The Balaban J connectivity index is 1.82. The molecule has 0 aromatic carbocycles. The third kappa shape index (κ3) is 3.09. The molecule has 1 saturated heterocycles. The van der Waals surface area contributed by atoms with E-state index in [-0.39, 0.29) is 0 Å². The minimum absolute atomic E-state index is 0.317. The van der Waals surface area contributed by atoms with Crippen molar-refractivity contribution in [2.24, 2.45) is 5.92 Å². The summed E-state index contributed by atoms with van der Waals surface area (Å²) in [6, 6.07) is 2.00. The van der Waals surface area contributed by atoms with E-state index in [1.807, 2.05) is 6.07 Å². The Kier molecular flexibility index (Phi) is 4.23. The second-order valence-electron chi connectivity index (χ2n) is 6.80. The number of piperidine rings is 1. The SMILES string of the molecule is CC(C)c1nc(Br)cc(N2CCC3(O)CCCCC3C2)n1. The van der Waals surface area contributed by atoms with Crippen LogP contribution >= 0.6 is 15.9 Å². The van der Waals surface area contributed by atoms with Crippen molar-refractivity contribution in [1.29, 1.82) is 0 Å². The molecule has 2 heterocycles. The predicted octanol–water partition coefficient (Wildman–Crippen LogP) is 3.49. The molecule has 0 spiro atoms. The van der Waals surface area contributed by atoms with Crippen LogP contribution in [-0.2, 0) is 0 Å². The van der Waals surface area contributed by atoms with Gasteiger partial charge in [0, 0.05) is 31.0 Å². The average Bonchev–Trinajstić information content (AvgIpc) is 2.45. The molecule has 1 saturated carbocycles. The van der Waals surface area contributed by atoms with E-state index in [0.717, 1.165) is 48.6 Å². The first kappa shape index (κ1) is 15.2. The van der Waals surface area contributed by atoms with E-state index in [1.54, 1.807) is 0 Å². The molecule has 1 aromatic heterocycles. The molecule has 0 amide bonds. The van der Waals surface area contributed by atoms with Crippen LogP contribution in [0.4, 0.5) is 5.82 Å². The van der Waals surface area contributed by atoms with Crippen molar-refractivity contribution >= 4 is 21.7 Å². The number of aliphatic hydroxyl groups is 1. The lowest BCUT2D eigenvalue weighted by molar-refractivity contribution is -0.0613. The zero-order valence-corrected chi connectivity index (χ0v) is 14.4. The summed E-state index contributed by atoms with van der Waals surface area (Å²) in [6.07, 6.45) is 5.37. The highest BCUT2D eigenvalue weighted by Crippen LogP contribution is 2.40. The molecular formula is C16H24BrN3O. The highest BCUT2D eigenvalue weighted by molar-refractivity contribution is 9.10. The summed E-state index contributed by atoms with van der Waals surface area (Å²) in [7, 11) is 0. The molecule has 1 aliphatic carbocycles. The number of fused-ring (bicyclic) bond motifs is 1. The van der Waals surface area contributed by atoms with Gasteiger partial charge in [0.15, 0.2) is 0 Å². The Hall–Kier alpha value is -0.680. The van der Waals surface area contributed by atoms with Crippen molar-refractivity contribution in [3.63, 3.8) is 0 Å². The fraction of sp³-hybridized carbons (Fsp3) is 0.750. The molecule has 2 fully saturated rings. The van der Waals surface area contributed by atoms with E-state index in [0.29, 0.717) is 11.8 Å². The van der Waals surface area contributed by atoms with Gasteiger partial charge in [0.25, 0.3) is 0 Å². The first-order chi connectivity index (χ1) is 9.98. The van der Waals surface area contributed by atoms with Crippen LogP contribution in [0.5, 0.6) is 0 Å². The number of halogens is 1. The fourth-order valence-corrected chi connectivity index (χ4v) is 4.01. The summed E-state index contributed by atoms with van der Waals surface area (Å²) in [5.74, 6) is 2.57. The summed E-state index contributed by atoms with van der Waals surface area (Å²) < 4.78 is 0.848. The summed E-state index contributed by atoms with van der Waals surface area (Å²) in [6.45, 7) is 6.02. The van der Waals surface area contributed by atoms with Gasteiger partial charge in [-0.3, -0.25) is 0 Å². The van der Waals surface area contributed by atoms with Gasteiger partial charge >= 0.3 is 0 Å². The molecule has 0 radical (unpaired) electrons. The molecule has 2 aliphatic rings. The van der Waals surface area contributed by atoms with Gasteiger partial charge in [0.1, 0.15) is 16.2 Å². The lowest BCUT2D eigenvalue weighted by atomic mass is 9.71. The Bertz CT molecular complexity index is 522. The standard InChI is InChI=1S/C16H24BrN3O/c1-11(2)15-18-13(17)9-14(19-15)20-8-7-16(21)6-4-3-5-12(16)10-20/h9,11-12,21H,3-8,10H2,1-2H3. The zero-order chi connectivity index (χ0) is 15.0. The van der Waals surface area contributed by atoms with E-state index < -0.39 is 5.60 Å². The second-order valence-corrected chi connectivity index (χ2v) is 7.62. The minimum atomic E-state index is -0.431. The van der Waals surface area contributed by atoms with Gasteiger partial charge in [-0.1, -0.05) is 26.7 Å². The maximum absolute atomic E-state index is 10.8. The monoisotopic (exact) mass is 353 g/mol. The number of hydrogen-bond donors (Lipinski definition) is 1. The molecule has 4 nitrogen and oxygen atoms in total. The van der Waals surface area contributed by atoms with Crippen LogP contribution in [0, 0.1) is 5.92 Å². The predicted molar refractivity (Wildman–Crippen MR) is 87.6 cm³/mol. The van der Waals surface area contributed by atoms with E-state index in [2.05, 4.69) is 39.7 Å². The maximum atomic E-state index is 10.8. The fourth-order valence-electron chi connectivity index (χ4n) is 3.62. The smallest absolute Gasteiger partial charge is 0.134 e. The molecule has 0 bridgehead atoms. The lowest BCUT2D eigenvalue weighted by Crippen LogP contribution is -2.53. The Labute approximate surface area is 135 Å². The van der Waals surface area contributed by atoms with Crippen LogP contribution in [0.25, 0.3) is 0 Å². The molecular weight excluding hydrogens is 330 g/mol. The van der Waals surface area contributed by atoms with Crippen molar-refractivity contribution in [1.82, 2.24) is 9.97 Å². The molecule has 1 aromatic rings. The Morgan fingerprint density at radius 1 is 1.33 bits per heavy atom. The highest BCUT2D eigenvalue weighted by atomic mass is 79.9. The largest absolute Gasteiger partial charge is 0.389 e. The average molecular weight is 354 g/mol. The molecule has 5 heteroatoms. The normalized spacial score (nSPS) is 29.6. The number of anilines is 1. The van der Waals surface area contributed by atoms with E-state index in [9.17, 15) is 5.11 Å². The topological polar surface area (TPSA) is 49.2 Å². The van der Waals surface area contributed by atoms with Crippen molar-refractivity contribution in [3.05, 3.63) is 16.5 Å². The van der Waals surface area contributed by atoms with Gasteiger partial charge in [-0.05, 0) is 35.2 Å². The minimum Gasteiger partial charge on any atom is -0.389 e. The van der Waals surface area contributed by atoms with Crippen LogP contribution in [0.2, 0.25) is 0 Å². The van der Waals surface area contributed by atoms with Crippen LogP contribution in [0.3, 0.4) is 0 Å². The van der Waals surface area contributed by atoms with E-state index in [1.165, 1.54) is 12.8 Å². The lowest BCUT2D eigenvalue weighted by Gasteiger charge is -2.47. The third-order valence-electron chi connectivity index (χ3n) is 4.97. The number of rotatable bonds is 2. The molecule has 1 N–H and O–H groups in total. The Morgan fingerprint density at radius 2 is 2.14 bits per heavy atom. The van der Waals surface area contributed by atoms with Crippen molar-refractivity contribution in [2.75, 3.05) is 18.0 Å². The van der Waals surface area contributed by atoms with Crippen LogP contribution in [-0.4, -0.2) is 33.8 Å². The molecule has 116 valence electrons. The van der Waals surface area contributed by atoms with Crippen LogP contribution in [0.1, 0.15) is 57.7 Å². The first-order valence-electron chi connectivity index (χ1n) is 8.00. The molecule has 21 heavy (non-hydrogen) atoms. The summed E-state index contributed by atoms with van der Waals surface area (Å²) in [4.78, 5) is 11.5. The van der Waals surface area contributed by atoms with Crippen LogP contribution < -0.4 is 4.90 Å². The van der Waals surface area contributed by atoms with Gasteiger partial charge < -0.3 is 10.0 Å². The van der Waals surface area contributed by atoms with E-state index in [4.69, 9.17) is 4.98 Å². The van der Waals surface area contributed by atoms with Crippen molar-refractivity contribution in [2.45, 2.75) is 57.5 Å². The Morgan fingerprint density at radius 3 is 2.90 bits per heavy atom. The van der Waals surface area contributed by atoms with Gasteiger partial charge in [-0.25, -0.2) is 9.97 Å². The number of nitrogens with zero attached hydrogens (tertiary/aromatic N) is 3. The number of hydrogen-bond acceptors (Lipinski definition) is 4. The van der Waals surface area contributed by atoms with Gasteiger partial charge in [0.2, 0.25) is 0 Å². The van der Waals surface area contributed by atoms with Crippen molar-refractivity contribution < 1.29 is 5.11 Å². The van der Waals surface area contributed by atoms with Crippen LogP contribution in [0.15, 0.2) is 10.7 Å². The van der Waals surface area contributed by atoms with Gasteiger partial charge in [0.05, 0.1) is 5.60 Å². The van der Waals surface area contributed by atoms with E-state index >= 15 is 0 Å². The van der Waals surface area contributed by atoms with Gasteiger partial charge in [-0.2, -0.15) is 0 Å². The van der Waals surface area contributed by atoms with Crippen molar-refractivity contribution in [3.8, 4) is 0 Å². The molecule has 2 unspecified atom stereocenters. The van der Waals surface area contributed by atoms with Gasteiger partial charge in [-0.15, -0.1) is 0 Å². The molecule has 1 aliphatic heterocycles.